The van der Waals surface area contributed by atoms with Gasteiger partial charge in [0.2, 0.25) is 0 Å². The van der Waals surface area contributed by atoms with E-state index in [1.54, 1.807) is 12.1 Å². The third-order valence-electron chi connectivity index (χ3n) is 2.89. The summed E-state index contributed by atoms with van der Waals surface area (Å²) in [6.45, 7) is 4.03. The molecule has 1 fully saturated rings. The molecule has 0 aliphatic carbocycles. The molecule has 0 bridgehead atoms. The topological polar surface area (TPSA) is 54.3 Å². The van der Waals surface area contributed by atoms with Crippen LogP contribution in [0.15, 0.2) is 22.7 Å². The number of rotatable bonds is 4. The van der Waals surface area contributed by atoms with Gasteiger partial charge in [-0.25, -0.2) is 0 Å². The number of nitriles is 1. The Hall–Kier alpha value is -1.09. The number of halogens is 1. The normalized spacial score (nSPS) is 17.4. The molecular formula is C13H15BrN2O2. The summed E-state index contributed by atoms with van der Waals surface area (Å²) in [7, 11) is 0. The maximum atomic E-state index is 8.78. The Labute approximate surface area is 115 Å². The van der Waals surface area contributed by atoms with Gasteiger partial charge in [0, 0.05) is 23.1 Å². The Bertz CT molecular complexity index is 465. The predicted octanol–water partition coefficient (Wildman–Crippen LogP) is 2.89. The van der Waals surface area contributed by atoms with Crippen molar-refractivity contribution >= 4 is 21.6 Å². The van der Waals surface area contributed by atoms with Gasteiger partial charge in [0.15, 0.2) is 5.79 Å². The fourth-order valence-corrected chi connectivity index (χ4v) is 2.37. The van der Waals surface area contributed by atoms with Crippen LogP contribution in [-0.2, 0) is 9.47 Å². The third-order valence-corrected chi connectivity index (χ3v) is 3.55. The summed E-state index contributed by atoms with van der Waals surface area (Å²) >= 11 is 3.44. The largest absolute Gasteiger partial charge is 0.384 e. The number of nitrogens with one attached hydrogen (secondary N) is 1. The van der Waals surface area contributed by atoms with Crippen LogP contribution in [-0.4, -0.2) is 25.5 Å². The zero-order valence-electron chi connectivity index (χ0n) is 10.2. The third kappa shape index (κ3) is 3.22. The van der Waals surface area contributed by atoms with Crippen LogP contribution in [0.25, 0.3) is 0 Å². The van der Waals surface area contributed by atoms with Crippen LogP contribution in [0.3, 0.4) is 0 Å². The predicted molar refractivity (Wildman–Crippen MR) is 72.3 cm³/mol. The van der Waals surface area contributed by atoms with Gasteiger partial charge in [-0.2, -0.15) is 5.26 Å². The fraction of sp³-hybridized carbons (Fsp3) is 0.462. The molecule has 1 aromatic carbocycles. The highest BCUT2D eigenvalue weighted by Crippen LogP contribution is 2.25. The van der Waals surface area contributed by atoms with E-state index in [-0.39, 0.29) is 0 Å². The molecule has 1 aliphatic heterocycles. The minimum atomic E-state index is -0.466. The standard InChI is InChI=1S/C13H15BrN2O2/c1-13(17-6-7-18-13)4-5-16-12-3-2-10(9-15)8-11(12)14/h2-3,8,16H,4-7H2,1H3. The average Bonchev–Trinajstić information content (AvgIpc) is 2.78. The van der Waals surface area contributed by atoms with Crippen LogP contribution in [0.5, 0.6) is 0 Å². The van der Waals surface area contributed by atoms with E-state index in [9.17, 15) is 0 Å². The van der Waals surface area contributed by atoms with E-state index in [0.29, 0.717) is 18.8 Å². The molecular weight excluding hydrogens is 296 g/mol. The van der Waals surface area contributed by atoms with Crippen molar-refractivity contribution < 1.29 is 9.47 Å². The van der Waals surface area contributed by atoms with Crippen LogP contribution in [0, 0.1) is 11.3 Å². The highest BCUT2D eigenvalue weighted by atomic mass is 79.9. The molecule has 0 amide bonds. The fourth-order valence-electron chi connectivity index (χ4n) is 1.85. The monoisotopic (exact) mass is 310 g/mol. The van der Waals surface area contributed by atoms with Crippen molar-refractivity contribution in [3.05, 3.63) is 28.2 Å². The van der Waals surface area contributed by atoms with Crippen molar-refractivity contribution in [1.29, 1.82) is 5.26 Å². The maximum Gasteiger partial charge on any atom is 0.167 e. The van der Waals surface area contributed by atoms with Gasteiger partial charge in [-0.05, 0) is 41.1 Å². The summed E-state index contributed by atoms with van der Waals surface area (Å²) in [5.41, 5.74) is 1.61. The second-order valence-electron chi connectivity index (χ2n) is 4.31. The van der Waals surface area contributed by atoms with Gasteiger partial charge in [-0.15, -0.1) is 0 Å². The molecule has 0 spiro atoms. The number of benzene rings is 1. The second-order valence-corrected chi connectivity index (χ2v) is 5.17. The van der Waals surface area contributed by atoms with E-state index in [2.05, 4.69) is 27.3 Å². The van der Waals surface area contributed by atoms with Crippen LogP contribution in [0.2, 0.25) is 0 Å². The minimum absolute atomic E-state index is 0.466. The lowest BCUT2D eigenvalue weighted by Crippen LogP contribution is -2.28. The van der Waals surface area contributed by atoms with Crippen molar-refractivity contribution in [2.45, 2.75) is 19.1 Å². The Balaban J connectivity index is 1.89. The molecule has 1 N–H and O–H groups in total. The van der Waals surface area contributed by atoms with Gasteiger partial charge in [0.05, 0.1) is 24.8 Å². The lowest BCUT2D eigenvalue weighted by atomic mass is 10.2. The number of anilines is 1. The number of hydrogen-bond donors (Lipinski definition) is 1. The quantitative estimate of drug-likeness (QED) is 0.929. The average molecular weight is 311 g/mol. The number of hydrogen-bond acceptors (Lipinski definition) is 4. The van der Waals surface area contributed by atoms with Crippen molar-refractivity contribution in [1.82, 2.24) is 0 Å². The summed E-state index contributed by atoms with van der Waals surface area (Å²) in [5, 5.41) is 12.1. The Morgan fingerprint density at radius 2 is 2.17 bits per heavy atom. The Morgan fingerprint density at radius 1 is 1.44 bits per heavy atom. The summed E-state index contributed by atoms with van der Waals surface area (Å²) < 4.78 is 11.9. The molecule has 4 nitrogen and oxygen atoms in total. The molecule has 1 aliphatic rings. The molecule has 1 heterocycles. The summed E-state index contributed by atoms with van der Waals surface area (Å²) in [6.07, 6.45) is 0.777. The van der Waals surface area contributed by atoms with Crippen molar-refractivity contribution in [2.75, 3.05) is 25.1 Å². The van der Waals surface area contributed by atoms with E-state index in [1.807, 2.05) is 13.0 Å². The van der Waals surface area contributed by atoms with Crippen molar-refractivity contribution in [2.24, 2.45) is 0 Å². The second kappa shape index (κ2) is 5.70. The molecule has 1 saturated heterocycles. The van der Waals surface area contributed by atoms with Gasteiger partial charge < -0.3 is 14.8 Å². The van der Waals surface area contributed by atoms with Gasteiger partial charge in [0.25, 0.3) is 0 Å². The summed E-state index contributed by atoms with van der Waals surface area (Å²) in [6, 6.07) is 7.58. The number of nitrogens with zero attached hydrogens (tertiary/aromatic N) is 1. The molecule has 0 atom stereocenters. The molecule has 96 valence electrons. The molecule has 0 radical (unpaired) electrons. The first-order chi connectivity index (χ1) is 8.63. The molecule has 0 aromatic heterocycles. The highest BCUT2D eigenvalue weighted by Gasteiger charge is 2.30. The lowest BCUT2D eigenvalue weighted by Gasteiger charge is -2.22. The lowest BCUT2D eigenvalue weighted by molar-refractivity contribution is -0.144. The van der Waals surface area contributed by atoms with E-state index in [1.165, 1.54) is 0 Å². The number of ether oxygens (including phenoxy) is 2. The van der Waals surface area contributed by atoms with Crippen LogP contribution in [0.1, 0.15) is 18.9 Å². The molecule has 2 rings (SSSR count). The summed E-state index contributed by atoms with van der Waals surface area (Å²) in [4.78, 5) is 0. The van der Waals surface area contributed by atoms with E-state index >= 15 is 0 Å². The maximum absolute atomic E-state index is 8.78. The molecule has 1 aromatic rings. The van der Waals surface area contributed by atoms with Gasteiger partial charge in [-0.3, -0.25) is 0 Å². The van der Waals surface area contributed by atoms with Gasteiger partial charge >= 0.3 is 0 Å². The Morgan fingerprint density at radius 3 is 2.78 bits per heavy atom. The van der Waals surface area contributed by atoms with Crippen molar-refractivity contribution in [3.8, 4) is 6.07 Å². The van der Waals surface area contributed by atoms with E-state index in [4.69, 9.17) is 14.7 Å². The minimum Gasteiger partial charge on any atom is -0.384 e. The van der Waals surface area contributed by atoms with Crippen LogP contribution < -0.4 is 5.32 Å². The van der Waals surface area contributed by atoms with Gasteiger partial charge in [0.1, 0.15) is 0 Å². The first-order valence-corrected chi connectivity index (χ1v) is 6.64. The van der Waals surface area contributed by atoms with E-state index < -0.39 is 5.79 Å². The zero-order valence-corrected chi connectivity index (χ0v) is 11.8. The molecule has 5 heteroatoms. The van der Waals surface area contributed by atoms with Crippen LogP contribution >= 0.6 is 15.9 Å². The smallest absolute Gasteiger partial charge is 0.167 e. The first kappa shape index (κ1) is 13.3. The Kier molecular flexibility index (Phi) is 4.23. The van der Waals surface area contributed by atoms with E-state index in [0.717, 1.165) is 23.1 Å². The SMILES string of the molecule is CC1(CCNc2ccc(C#N)cc2Br)OCCO1. The van der Waals surface area contributed by atoms with Crippen LogP contribution in [0.4, 0.5) is 5.69 Å². The molecule has 0 saturated carbocycles. The molecule has 18 heavy (non-hydrogen) atoms. The summed E-state index contributed by atoms with van der Waals surface area (Å²) in [5.74, 6) is -0.466. The highest BCUT2D eigenvalue weighted by molar-refractivity contribution is 9.10. The van der Waals surface area contributed by atoms with Gasteiger partial charge in [-0.1, -0.05) is 0 Å². The first-order valence-electron chi connectivity index (χ1n) is 5.84. The van der Waals surface area contributed by atoms with Crippen molar-refractivity contribution in [3.63, 3.8) is 0 Å². The zero-order chi connectivity index (χ0) is 13.0. The molecule has 0 unspecified atom stereocenters.